The van der Waals surface area contributed by atoms with E-state index in [1.807, 2.05) is 55.5 Å². The van der Waals surface area contributed by atoms with Crippen molar-refractivity contribution < 1.29 is 19.4 Å². The Labute approximate surface area is 157 Å². The standard InChI is InChI=1S/C23H18O4/c1-16-6-8-18(9-7-16)21-5-3-2-4-17(21)12-15-22(24)27-20-13-10-19(11-14-20)23(25)26/h2-15H,1H3,(H,25,26). The van der Waals surface area contributed by atoms with Gasteiger partial charge in [0.2, 0.25) is 0 Å². The Morgan fingerprint density at radius 1 is 0.889 bits per heavy atom. The van der Waals surface area contributed by atoms with Crippen molar-refractivity contribution in [3.63, 3.8) is 0 Å². The minimum atomic E-state index is -1.03. The molecule has 0 amide bonds. The smallest absolute Gasteiger partial charge is 0.336 e. The fraction of sp³-hybridized carbons (Fsp3) is 0.0435. The van der Waals surface area contributed by atoms with Gasteiger partial charge in [0.05, 0.1) is 5.56 Å². The normalized spacial score (nSPS) is 10.7. The number of aryl methyl sites for hydroxylation is 1. The molecule has 0 heterocycles. The molecule has 27 heavy (non-hydrogen) atoms. The van der Waals surface area contributed by atoms with Gasteiger partial charge >= 0.3 is 11.9 Å². The highest BCUT2D eigenvalue weighted by molar-refractivity contribution is 5.91. The molecule has 0 aliphatic carbocycles. The Hall–Kier alpha value is -3.66. The zero-order valence-electron chi connectivity index (χ0n) is 14.8. The number of hydrogen-bond acceptors (Lipinski definition) is 3. The third-order valence-corrected chi connectivity index (χ3v) is 4.04. The highest BCUT2D eigenvalue weighted by atomic mass is 16.5. The van der Waals surface area contributed by atoms with E-state index in [4.69, 9.17) is 9.84 Å². The molecule has 0 aromatic heterocycles. The molecule has 4 nitrogen and oxygen atoms in total. The van der Waals surface area contributed by atoms with Crippen LogP contribution in [-0.2, 0) is 4.79 Å². The third-order valence-electron chi connectivity index (χ3n) is 4.04. The van der Waals surface area contributed by atoms with Crippen LogP contribution in [0.25, 0.3) is 17.2 Å². The largest absolute Gasteiger partial charge is 0.478 e. The number of carboxylic acid groups (broad SMARTS) is 1. The van der Waals surface area contributed by atoms with Gasteiger partial charge in [-0.3, -0.25) is 0 Å². The molecule has 0 aliphatic heterocycles. The van der Waals surface area contributed by atoms with Gasteiger partial charge in [-0.1, -0.05) is 54.1 Å². The Bertz CT molecular complexity index is 984. The van der Waals surface area contributed by atoms with Gasteiger partial charge in [0.25, 0.3) is 0 Å². The average Bonchev–Trinajstić information content (AvgIpc) is 2.68. The molecule has 3 aromatic rings. The predicted molar refractivity (Wildman–Crippen MR) is 105 cm³/mol. The molecule has 0 aliphatic rings. The van der Waals surface area contributed by atoms with Gasteiger partial charge in [-0.05, 0) is 54.0 Å². The summed E-state index contributed by atoms with van der Waals surface area (Å²) in [5, 5.41) is 8.88. The van der Waals surface area contributed by atoms with Gasteiger partial charge in [-0.25, -0.2) is 9.59 Å². The maximum atomic E-state index is 12.1. The van der Waals surface area contributed by atoms with E-state index < -0.39 is 11.9 Å². The SMILES string of the molecule is Cc1ccc(-c2ccccc2C=CC(=O)Oc2ccc(C(=O)O)cc2)cc1. The van der Waals surface area contributed by atoms with Gasteiger partial charge in [0, 0.05) is 6.08 Å². The van der Waals surface area contributed by atoms with Gasteiger partial charge < -0.3 is 9.84 Å². The number of carboxylic acids is 1. The summed E-state index contributed by atoms with van der Waals surface area (Å²) in [6.45, 7) is 2.04. The van der Waals surface area contributed by atoms with Crippen LogP contribution in [0.3, 0.4) is 0 Å². The zero-order chi connectivity index (χ0) is 19.2. The van der Waals surface area contributed by atoms with Crippen LogP contribution < -0.4 is 4.74 Å². The van der Waals surface area contributed by atoms with Gasteiger partial charge in [0.1, 0.15) is 5.75 Å². The zero-order valence-corrected chi connectivity index (χ0v) is 14.8. The Morgan fingerprint density at radius 3 is 2.22 bits per heavy atom. The molecular weight excluding hydrogens is 340 g/mol. The fourth-order valence-electron chi connectivity index (χ4n) is 2.61. The van der Waals surface area contributed by atoms with Crippen LogP contribution in [0, 0.1) is 6.92 Å². The van der Waals surface area contributed by atoms with E-state index in [0.717, 1.165) is 16.7 Å². The highest BCUT2D eigenvalue weighted by Crippen LogP contribution is 2.25. The number of carbonyl (C=O) groups is 2. The van der Waals surface area contributed by atoms with Crippen molar-refractivity contribution in [1.29, 1.82) is 0 Å². The summed E-state index contributed by atoms with van der Waals surface area (Å²) in [5.74, 6) is -1.27. The molecule has 0 spiro atoms. The molecule has 134 valence electrons. The van der Waals surface area contributed by atoms with Crippen molar-refractivity contribution in [1.82, 2.24) is 0 Å². The highest BCUT2D eigenvalue weighted by Gasteiger charge is 2.06. The number of hydrogen-bond donors (Lipinski definition) is 1. The second-order valence-electron chi connectivity index (χ2n) is 6.04. The number of benzene rings is 3. The van der Waals surface area contributed by atoms with Crippen LogP contribution in [0.5, 0.6) is 5.75 Å². The summed E-state index contributed by atoms with van der Waals surface area (Å²) in [4.78, 5) is 22.9. The van der Waals surface area contributed by atoms with E-state index in [2.05, 4.69) is 0 Å². The lowest BCUT2D eigenvalue weighted by molar-refractivity contribution is -0.128. The number of rotatable bonds is 5. The summed E-state index contributed by atoms with van der Waals surface area (Å²) < 4.78 is 5.21. The molecular formula is C23H18O4. The van der Waals surface area contributed by atoms with E-state index in [1.165, 1.54) is 35.9 Å². The maximum absolute atomic E-state index is 12.1. The molecule has 0 atom stereocenters. The Balaban J connectivity index is 1.75. The van der Waals surface area contributed by atoms with Crippen LogP contribution in [-0.4, -0.2) is 17.0 Å². The molecule has 3 rings (SSSR count). The summed E-state index contributed by atoms with van der Waals surface area (Å²) in [7, 11) is 0. The van der Waals surface area contributed by atoms with Crippen LogP contribution in [0.1, 0.15) is 21.5 Å². The lowest BCUT2D eigenvalue weighted by atomic mass is 9.98. The fourth-order valence-corrected chi connectivity index (χ4v) is 2.61. The summed E-state index contributed by atoms with van der Waals surface area (Å²) in [6.07, 6.45) is 3.07. The molecule has 3 aromatic carbocycles. The van der Waals surface area contributed by atoms with E-state index >= 15 is 0 Å². The number of esters is 1. The van der Waals surface area contributed by atoms with Gasteiger partial charge in [0.15, 0.2) is 0 Å². The summed E-state index contributed by atoms with van der Waals surface area (Å²) in [5.41, 5.74) is 4.31. The lowest BCUT2D eigenvalue weighted by Gasteiger charge is -2.07. The molecule has 0 fully saturated rings. The van der Waals surface area contributed by atoms with Crippen LogP contribution in [0.15, 0.2) is 78.9 Å². The number of carbonyl (C=O) groups excluding carboxylic acids is 1. The van der Waals surface area contributed by atoms with Crippen molar-refractivity contribution in [3.05, 3.63) is 95.6 Å². The van der Waals surface area contributed by atoms with Crippen LogP contribution in [0.2, 0.25) is 0 Å². The van der Waals surface area contributed by atoms with Gasteiger partial charge in [-0.2, -0.15) is 0 Å². The Morgan fingerprint density at radius 2 is 1.56 bits per heavy atom. The quantitative estimate of drug-likeness (QED) is 0.397. The minimum Gasteiger partial charge on any atom is -0.478 e. The molecule has 1 N–H and O–H groups in total. The first-order valence-corrected chi connectivity index (χ1v) is 8.42. The van der Waals surface area contributed by atoms with E-state index in [1.54, 1.807) is 6.08 Å². The van der Waals surface area contributed by atoms with E-state index in [9.17, 15) is 9.59 Å². The van der Waals surface area contributed by atoms with Crippen molar-refractivity contribution in [2.45, 2.75) is 6.92 Å². The monoisotopic (exact) mass is 358 g/mol. The minimum absolute atomic E-state index is 0.136. The maximum Gasteiger partial charge on any atom is 0.336 e. The van der Waals surface area contributed by atoms with Crippen molar-refractivity contribution in [3.8, 4) is 16.9 Å². The molecule has 4 heteroatoms. The van der Waals surface area contributed by atoms with Gasteiger partial charge in [-0.15, -0.1) is 0 Å². The Kier molecular flexibility index (Phi) is 5.47. The number of ether oxygens (including phenoxy) is 1. The second kappa shape index (κ2) is 8.15. The van der Waals surface area contributed by atoms with E-state index in [-0.39, 0.29) is 5.56 Å². The van der Waals surface area contributed by atoms with Crippen molar-refractivity contribution >= 4 is 18.0 Å². The lowest BCUT2D eigenvalue weighted by Crippen LogP contribution is -2.04. The van der Waals surface area contributed by atoms with Crippen molar-refractivity contribution in [2.24, 2.45) is 0 Å². The first-order chi connectivity index (χ1) is 13.0. The topological polar surface area (TPSA) is 63.6 Å². The molecule has 0 saturated carbocycles. The van der Waals surface area contributed by atoms with Crippen molar-refractivity contribution in [2.75, 3.05) is 0 Å². The molecule has 0 radical (unpaired) electrons. The number of aromatic carboxylic acids is 1. The van der Waals surface area contributed by atoms with Crippen LogP contribution in [0.4, 0.5) is 0 Å². The molecule has 0 unspecified atom stereocenters. The summed E-state index contributed by atoms with van der Waals surface area (Å²) >= 11 is 0. The first kappa shape index (κ1) is 18.1. The second-order valence-corrected chi connectivity index (χ2v) is 6.04. The summed E-state index contributed by atoms with van der Waals surface area (Å²) in [6, 6.07) is 21.7. The molecule has 0 saturated heterocycles. The predicted octanol–water partition coefficient (Wildman–Crippen LogP) is 4.98. The van der Waals surface area contributed by atoms with E-state index in [0.29, 0.717) is 5.75 Å². The first-order valence-electron chi connectivity index (χ1n) is 8.42. The van der Waals surface area contributed by atoms with Crippen LogP contribution >= 0.6 is 0 Å². The average molecular weight is 358 g/mol. The molecule has 0 bridgehead atoms. The third kappa shape index (κ3) is 4.70.